The second-order valence-electron chi connectivity index (χ2n) is 4.58. The van der Waals surface area contributed by atoms with Crippen LogP contribution in [0.3, 0.4) is 0 Å². The van der Waals surface area contributed by atoms with Gasteiger partial charge in [0.1, 0.15) is 5.82 Å². The van der Waals surface area contributed by atoms with Crippen molar-refractivity contribution in [1.82, 2.24) is 9.97 Å². The van der Waals surface area contributed by atoms with Crippen LogP contribution in [0, 0.1) is 5.92 Å². The molecule has 1 aliphatic rings. The van der Waals surface area contributed by atoms with Gasteiger partial charge in [-0.05, 0) is 31.2 Å². The van der Waals surface area contributed by atoms with Crippen LogP contribution >= 0.6 is 0 Å². The Morgan fingerprint density at radius 2 is 2.35 bits per heavy atom. The normalized spacial score (nSPS) is 21.1. The first-order valence-corrected chi connectivity index (χ1v) is 6.38. The predicted octanol–water partition coefficient (Wildman–Crippen LogP) is 1.78. The molecule has 94 valence electrons. The molecule has 0 aromatic carbocycles. The maximum Gasteiger partial charge on any atom is 0.239 e. The zero-order valence-corrected chi connectivity index (χ0v) is 10.4. The van der Waals surface area contributed by atoms with Crippen LogP contribution in [0.15, 0.2) is 12.3 Å². The van der Waals surface area contributed by atoms with Crippen LogP contribution in [0.5, 0.6) is 0 Å². The summed E-state index contributed by atoms with van der Waals surface area (Å²) < 4.78 is 0. The zero-order chi connectivity index (χ0) is 12.1. The Balaban J connectivity index is 2.05. The lowest BCUT2D eigenvalue weighted by atomic mass is 9.98. The average Bonchev–Trinajstić information content (AvgIpc) is 2.64. The van der Waals surface area contributed by atoms with Crippen molar-refractivity contribution in [2.75, 3.05) is 23.4 Å². The van der Waals surface area contributed by atoms with Gasteiger partial charge in [0.15, 0.2) is 0 Å². The summed E-state index contributed by atoms with van der Waals surface area (Å²) in [6.45, 7) is 4.44. The molecule has 1 aliphatic heterocycles. The van der Waals surface area contributed by atoms with Gasteiger partial charge >= 0.3 is 0 Å². The van der Waals surface area contributed by atoms with Crippen LogP contribution in [0.25, 0.3) is 0 Å². The summed E-state index contributed by atoms with van der Waals surface area (Å²) in [4.78, 5) is 10.8. The number of nitrogen functional groups attached to an aromatic ring is 1. The van der Waals surface area contributed by atoms with Gasteiger partial charge in [-0.15, -0.1) is 0 Å². The van der Waals surface area contributed by atoms with Crippen molar-refractivity contribution in [3.8, 4) is 0 Å². The minimum absolute atomic E-state index is 0.485. The third kappa shape index (κ3) is 3.06. The number of nitrogens with zero attached hydrogens (tertiary/aromatic N) is 3. The smallest absolute Gasteiger partial charge is 0.239 e. The molecule has 1 atom stereocenters. The Kier molecular flexibility index (Phi) is 4.14. The molecule has 0 radical (unpaired) electrons. The fourth-order valence-electron chi connectivity index (χ4n) is 2.40. The first-order chi connectivity index (χ1) is 8.33. The van der Waals surface area contributed by atoms with Gasteiger partial charge in [0, 0.05) is 19.3 Å². The van der Waals surface area contributed by atoms with Crippen molar-refractivity contribution in [2.45, 2.75) is 32.6 Å². The summed E-state index contributed by atoms with van der Waals surface area (Å²) in [6.07, 6.45) is 6.87. The number of hydrogen-bond donors (Lipinski definition) is 2. The van der Waals surface area contributed by atoms with Gasteiger partial charge in [-0.2, -0.15) is 4.98 Å². The highest BCUT2D eigenvalue weighted by molar-refractivity contribution is 5.42. The van der Waals surface area contributed by atoms with Gasteiger partial charge in [-0.25, -0.2) is 10.8 Å². The van der Waals surface area contributed by atoms with E-state index in [1.54, 1.807) is 6.20 Å². The zero-order valence-electron chi connectivity index (χ0n) is 10.4. The lowest BCUT2D eigenvalue weighted by molar-refractivity contribution is 0.459. The number of aromatic nitrogens is 2. The molecule has 1 aromatic heterocycles. The maximum atomic E-state index is 5.33. The van der Waals surface area contributed by atoms with Crippen molar-refractivity contribution in [1.29, 1.82) is 0 Å². The molecule has 1 saturated heterocycles. The van der Waals surface area contributed by atoms with E-state index in [1.165, 1.54) is 25.7 Å². The Morgan fingerprint density at radius 1 is 1.47 bits per heavy atom. The molecule has 5 nitrogen and oxygen atoms in total. The fraction of sp³-hybridized carbons (Fsp3) is 0.667. The molecule has 0 spiro atoms. The highest BCUT2D eigenvalue weighted by Gasteiger charge is 2.16. The number of nitrogens with two attached hydrogens (primary N) is 1. The van der Waals surface area contributed by atoms with E-state index in [9.17, 15) is 0 Å². The molecule has 0 saturated carbocycles. The molecule has 0 bridgehead atoms. The van der Waals surface area contributed by atoms with Gasteiger partial charge in [-0.3, -0.25) is 5.43 Å². The molecule has 2 rings (SSSR count). The lowest BCUT2D eigenvalue weighted by Crippen LogP contribution is -2.26. The highest BCUT2D eigenvalue weighted by atomic mass is 15.3. The van der Waals surface area contributed by atoms with Crippen LogP contribution in [0.4, 0.5) is 11.8 Å². The summed E-state index contributed by atoms with van der Waals surface area (Å²) in [5.74, 6) is 7.66. The average molecular weight is 235 g/mol. The van der Waals surface area contributed by atoms with Crippen LogP contribution in [-0.4, -0.2) is 23.1 Å². The van der Waals surface area contributed by atoms with Crippen LogP contribution in [-0.2, 0) is 0 Å². The second-order valence-corrected chi connectivity index (χ2v) is 4.58. The molecule has 5 heteroatoms. The SMILES string of the molecule is CCC1CCCN(c2ccnc(NN)n2)CC1. The topological polar surface area (TPSA) is 67.1 Å². The van der Waals surface area contributed by atoms with E-state index < -0.39 is 0 Å². The Labute approximate surface area is 102 Å². The third-order valence-corrected chi connectivity index (χ3v) is 3.52. The number of hydrazine groups is 1. The van der Waals surface area contributed by atoms with Gasteiger partial charge in [0.2, 0.25) is 5.95 Å². The standard InChI is InChI=1S/C12H21N5/c1-2-10-4-3-8-17(9-6-10)11-5-7-14-12(15-11)16-13/h5,7,10H,2-4,6,8-9,13H2,1H3,(H,14,15,16). The minimum atomic E-state index is 0.485. The number of hydrogen-bond acceptors (Lipinski definition) is 5. The molecule has 1 aromatic rings. The molecule has 17 heavy (non-hydrogen) atoms. The lowest BCUT2D eigenvalue weighted by Gasteiger charge is -2.21. The van der Waals surface area contributed by atoms with Crippen molar-refractivity contribution in [2.24, 2.45) is 11.8 Å². The van der Waals surface area contributed by atoms with Crippen LogP contribution in [0.2, 0.25) is 0 Å². The second kappa shape index (κ2) is 5.82. The molecular formula is C12H21N5. The van der Waals surface area contributed by atoms with Gasteiger partial charge in [0.05, 0.1) is 0 Å². The Bertz CT molecular complexity index is 355. The maximum absolute atomic E-state index is 5.33. The molecule has 0 amide bonds. The summed E-state index contributed by atoms with van der Waals surface area (Å²) in [5, 5.41) is 0. The van der Waals surface area contributed by atoms with Crippen molar-refractivity contribution in [3.05, 3.63) is 12.3 Å². The van der Waals surface area contributed by atoms with E-state index in [0.29, 0.717) is 5.95 Å². The van der Waals surface area contributed by atoms with Gasteiger partial charge in [-0.1, -0.05) is 13.3 Å². The summed E-state index contributed by atoms with van der Waals surface area (Å²) in [5.41, 5.74) is 2.49. The first-order valence-electron chi connectivity index (χ1n) is 6.38. The van der Waals surface area contributed by atoms with E-state index in [-0.39, 0.29) is 0 Å². The number of nitrogens with one attached hydrogen (secondary N) is 1. The molecule has 1 unspecified atom stereocenters. The Morgan fingerprint density at radius 3 is 3.12 bits per heavy atom. The summed E-state index contributed by atoms with van der Waals surface area (Å²) >= 11 is 0. The van der Waals surface area contributed by atoms with Gasteiger partial charge < -0.3 is 4.90 Å². The first kappa shape index (κ1) is 12.1. The van der Waals surface area contributed by atoms with Crippen LogP contribution < -0.4 is 16.2 Å². The van der Waals surface area contributed by atoms with Crippen molar-refractivity contribution < 1.29 is 0 Å². The molecular weight excluding hydrogens is 214 g/mol. The molecule has 2 heterocycles. The third-order valence-electron chi connectivity index (χ3n) is 3.52. The quantitative estimate of drug-likeness (QED) is 0.617. The van der Waals surface area contributed by atoms with Crippen LogP contribution in [0.1, 0.15) is 32.6 Å². The minimum Gasteiger partial charge on any atom is -0.356 e. The van der Waals surface area contributed by atoms with Crippen molar-refractivity contribution >= 4 is 11.8 Å². The molecule has 1 fully saturated rings. The molecule has 0 aliphatic carbocycles. The van der Waals surface area contributed by atoms with E-state index in [2.05, 4.69) is 27.2 Å². The summed E-state index contributed by atoms with van der Waals surface area (Å²) in [7, 11) is 0. The monoisotopic (exact) mass is 235 g/mol. The Hall–Kier alpha value is -1.36. The summed E-state index contributed by atoms with van der Waals surface area (Å²) in [6, 6.07) is 1.95. The van der Waals surface area contributed by atoms with Gasteiger partial charge in [0.25, 0.3) is 0 Å². The highest BCUT2D eigenvalue weighted by Crippen LogP contribution is 2.23. The van der Waals surface area contributed by atoms with E-state index in [4.69, 9.17) is 5.84 Å². The fourth-order valence-corrected chi connectivity index (χ4v) is 2.40. The van der Waals surface area contributed by atoms with E-state index in [0.717, 1.165) is 24.8 Å². The largest absolute Gasteiger partial charge is 0.356 e. The number of rotatable bonds is 3. The van der Waals surface area contributed by atoms with E-state index >= 15 is 0 Å². The molecule has 3 N–H and O–H groups in total. The van der Waals surface area contributed by atoms with E-state index in [1.807, 2.05) is 6.07 Å². The predicted molar refractivity (Wildman–Crippen MR) is 69.7 cm³/mol. The number of anilines is 2. The van der Waals surface area contributed by atoms with Crippen molar-refractivity contribution in [3.63, 3.8) is 0 Å².